The summed E-state index contributed by atoms with van der Waals surface area (Å²) >= 11 is 0. The Labute approximate surface area is 108 Å². The third-order valence-corrected chi connectivity index (χ3v) is 2.21. The van der Waals surface area contributed by atoms with E-state index in [0.29, 0.717) is 12.3 Å². The molecule has 0 aliphatic heterocycles. The van der Waals surface area contributed by atoms with E-state index in [0.717, 1.165) is 13.0 Å². The SMILES string of the molecule is CC(=O)NC(c1cccn1C(=O)C(F)(F)F)C(F)(F)F. The Balaban J connectivity index is 3.27. The Morgan fingerprint density at radius 1 is 1.20 bits per heavy atom. The molecule has 1 heterocycles. The normalized spacial score (nSPS) is 13.9. The Hall–Kier alpha value is -2.00. The molecule has 10 heteroatoms. The number of carbonyl (C=O) groups is 2. The van der Waals surface area contributed by atoms with Crippen molar-refractivity contribution >= 4 is 11.8 Å². The molecular formula is C10H8F6N2O2. The van der Waals surface area contributed by atoms with E-state index in [9.17, 15) is 35.9 Å². The van der Waals surface area contributed by atoms with Crippen LogP contribution in [0.15, 0.2) is 18.3 Å². The first-order chi connectivity index (χ1) is 8.94. The molecule has 0 radical (unpaired) electrons. The van der Waals surface area contributed by atoms with E-state index in [4.69, 9.17) is 0 Å². The van der Waals surface area contributed by atoms with Gasteiger partial charge in [-0.15, -0.1) is 0 Å². The standard InChI is InChI=1S/C10H8F6N2O2/c1-5(19)17-7(9(11,12)13)6-3-2-4-18(6)8(20)10(14,15)16/h2-4,7H,1H3,(H,17,19). The second-order valence-corrected chi connectivity index (χ2v) is 3.78. The first-order valence-electron chi connectivity index (χ1n) is 5.07. The molecule has 1 amide bonds. The molecule has 0 spiro atoms. The van der Waals surface area contributed by atoms with Crippen LogP contribution in [-0.4, -0.2) is 28.7 Å². The van der Waals surface area contributed by atoms with Crippen LogP contribution in [0.3, 0.4) is 0 Å². The summed E-state index contributed by atoms with van der Waals surface area (Å²) in [7, 11) is 0. The average Bonchev–Trinajstić information content (AvgIpc) is 2.69. The molecule has 0 aliphatic carbocycles. The second kappa shape index (κ2) is 5.17. The van der Waals surface area contributed by atoms with Crippen molar-refractivity contribution in [2.24, 2.45) is 0 Å². The fourth-order valence-electron chi connectivity index (χ4n) is 1.48. The summed E-state index contributed by atoms with van der Waals surface area (Å²) in [5, 5.41) is 1.46. The molecule has 112 valence electrons. The van der Waals surface area contributed by atoms with Crippen molar-refractivity contribution < 1.29 is 35.9 Å². The lowest BCUT2D eigenvalue weighted by Gasteiger charge is -2.22. The van der Waals surface area contributed by atoms with Crippen molar-refractivity contribution in [1.82, 2.24) is 9.88 Å². The molecule has 1 rings (SSSR count). The first-order valence-corrected chi connectivity index (χ1v) is 5.07. The molecule has 0 saturated heterocycles. The molecule has 1 atom stereocenters. The van der Waals surface area contributed by atoms with E-state index >= 15 is 0 Å². The summed E-state index contributed by atoms with van der Waals surface area (Å²) in [6.45, 7) is 0.775. The van der Waals surface area contributed by atoms with Crippen LogP contribution >= 0.6 is 0 Å². The van der Waals surface area contributed by atoms with Crippen molar-refractivity contribution in [3.8, 4) is 0 Å². The van der Waals surface area contributed by atoms with Crippen LogP contribution in [-0.2, 0) is 4.79 Å². The van der Waals surface area contributed by atoms with E-state index in [2.05, 4.69) is 0 Å². The lowest BCUT2D eigenvalue weighted by molar-refractivity contribution is -0.164. The van der Waals surface area contributed by atoms with E-state index in [1.165, 1.54) is 5.32 Å². The number of aromatic nitrogens is 1. The van der Waals surface area contributed by atoms with Gasteiger partial charge in [0.1, 0.15) is 0 Å². The van der Waals surface area contributed by atoms with E-state index in [1.54, 1.807) is 0 Å². The Kier molecular flexibility index (Phi) is 4.15. The van der Waals surface area contributed by atoms with Crippen LogP contribution in [0.4, 0.5) is 26.3 Å². The van der Waals surface area contributed by atoms with Crippen molar-refractivity contribution in [1.29, 1.82) is 0 Å². The molecule has 1 aromatic rings. The highest BCUT2D eigenvalue weighted by Gasteiger charge is 2.46. The smallest absolute Gasteiger partial charge is 0.340 e. The highest BCUT2D eigenvalue weighted by atomic mass is 19.4. The summed E-state index contributed by atoms with van der Waals surface area (Å²) in [4.78, 5) is 21.8. The maximum atomic E-state index is 12.8. The maximum absolute atomic E-state index is 12.8. The topological polar surface area (TPSA) is 51.1 Å². The van der Waals surface area contributed by atoms with Gasteiger partial charge in [-0.1, -0.05) is 0 Å². The summed E-state index contributed by atoms with van der Waals surface area (Å²) < 4.78 is 74.9. The molecule has 1 N–H and O–H groups in total. The van der Waals surface area contributed by atoms with Crippen molar-refractivity contribution in [3.63, 3.8) is 0 Å². The first kappa shape index (κ1) is 16.1. The minimum atomic E-state index is -5.33. The van der Waals surface area contributed by atoms with E-state index < -0.39 is 35.9 Å². The number of rotatable bonds is 2. The number of alkyl halides is 6. The fourth-order valence-corrected chi connectivity index (χ4v) is 1.48. The summed E-state index contributed by atoms with van der Waals surface area (Å²) in [6.07, 6.45) is -9.83. The average molecular weight is 302 g/mol. The van der Waals surface area contributed by atoms with Gasteiger partial charge < -0.3 is 5.32 Å². The largest absolute Gasteiger partial charge is 0.472 e. The van der Waals surface area contributed by atoms with Gasteiger partial charge in [0, 0.05) is 13.1 Å². The number of nitrogens with one attached hydrogen (secondary N) is 1. The van der Waals surface area contributed by atoms with E-state index in [1.807, 2.05) is 0 Å². The van der Waals surface area contributed by atoms with Gasteiger partial charge in [0.2, 0.25) is 5.91 Å². The quantitative estimate of drug-likeness (QED) is 0.853. The van der Waals surface area contributed by atoms with E-state index in [-0.39, 0.29) is 4.57 Å². The molecule has 4 nitrogen and oxygen atoms in total. The highest BCUT2D eigenvalue weighted by Crippen LogP contribution is 2.33. The zero-order valence-electron chi connectivity index (χ0n) is 9.84. The van der Waals surface area contributed by atoms with Gasteiger partial charge in [0.05, 0.1) is 5.69 Å². The van der Waals surface area contributed by atoms with Crippen LogP contribution in [0, 0.1) is 0 Å². The van der Waals surface area contributed by atoms with Gasteiger partial charge in [-0.25, -0.2) is 0 Å². The van der Waals surface area contributed by atoms with Crippen LogP contribution < -0.4 is 5.32 Å². The van der Waals surface area contributed by atoms with Gasteiger partial charge in [0.25, 0.3) is 0 Å². The van der Waals surface area contributed by atoms with Crippen LogP contribution in [0.25, 0.3) is 0 Å². The Bertz CT molecular complexity index is 517. The van der Waals surface area contributed by atoms with Crippen LogP contribution in [0.5, 0.6) is 0 Å². The summed E-state index contributed by atoms with van der Waals surface area (Å²) in [6, 6.07) is -1.18. The fraction of sp³-hybridized carbons (Fsp3) is 0.400. The molecule has 0 fully saturated rings. The third kappa shape index (κ3) is 3.52. The Morgan fingerprint density at radius 3 is 2.15 bits per heavy atom. The minimum absolute atomic E-state index is 0.186. The number of amides is 1. The molecule has 1 aromatic heterocycles. The van der Waals surface area contributed by atoms with Gasteiger partial charge in [-0.2, -0.15) is 26.3 Å². The molecule has 0 aromatic carbocycles. The van der Waals surface area contributed by atoms with Crippen LogP contribution in [0.1, 0.15) is 23.5 Å². The molecule has 1 unspecified atom stereocenters. The van der Waals surface area contributed by atoms with Gasteiger partial charge >= 0.3 is 18.3 Å². The van der Waals surface area contributed by atoms with Crippen molar-refractivity contribution in [2.45, 2.75) is 25.3 Å². The van der Waals surface area contributed by atoms with Gasteiger partial charge in [0.15, 0.2) is 6.04 Å². The van der Waals surface area contributed by atoms with Gasteiger partial charge in [-0.05, 0) is 12.1 Å². The lowest BCUT2D eigenvalue weighted by Crippen LogP contribution is -2.40. The number of halogens is 6. The zero-order chi connectivity index (χ0) is 15.7. The monoisotopic (exact) mass is 302 g/mol. The van der Waals surface area contributed by atoms with Crippen molar-refractivity contribution in [2.75, 3.05) is 0 Å². The predicted octanol–water partition coefficient (Wildman–Crippen LogP) is 2.43. The molecule has 0 bridgehead atoms. The molecule has 20 heavy (non-hydrogen) atoms. The molecule has 0 saturated carbocycles. The summed E-state index contributed by atoms with van der Waals surface area (Å²) in [5.41, 5.74) is -1.02. The molecule has 0 aliphatic rings. The lowest BCUT2D eigenvalue weighted by atomic mass is 10.2. The number of hydrogen-bond acceptors (Lipinski definition) is 2. The van der Waals surface area contributed by atoms with Crippen molar-refractivity contribution in [3.05, 3.63) is 24.0 Å². The Morgan fingerprint density at radius 2 is 1.75 bits per heavy atom. The maximum Gasteiger partial charge on any atom is 0.472 e. The number of carbonyl (C=O) groups excluding carboxylic acids is 2. The highest BCUT2D eigenvalue weighted by molar-refractivity contribution is 5.85. The number of nitrogens with zero attached hydrogens (tertiary/aromatic N) is 1. The third-order valence-electron chi connectivity index (χ3n) is 2.21. The number of hydrogen-bond donors (Lipinski definition) is 1. The second-order valence-electron chi connectivity index (χ2n) is 3.78. The summed E-state index contributed by atoms with van der Waals surface area (Å²) in [5.74, 6) is -3.57. The van der Waals surface area contributed by atoms with Crippen LogP contribution in [0.2, 0.25) is 0 Å². The zero-order valence-corrected chi connectivity index (χ0v) is 9.84. The minimum Gasteiger partial charge on any atom is -0.340 e. The predicted molar refractivity (Wildman–Crippen MR) is 53.7 cm³/mol. The van der Waals surface area contributed by atoms with Gasteiger partial charge in [-0.3, -0.25) is 14.2 Å². The molecular weight excluding hydrogens is 294 g/mol.